The van der Waals surface area contributed by atoms with E-state index in [1.54, 1.807) is 6.07 Å². The number of hydrogen-bond donors (Lipinski definition) is 0. The highest BCUT2D eigenvalue weighted by Crippen LogP contribution is 2.34. The molecule has 0 saturated heterocycles. The molecule has 0 aliphatic heterocycles. The Hall–Kier alpha value is -3.24. The molecule has 0 aliphatic carbocycles. The van der Waals surface area contributed by atoms with Crippen LogP contribution in [-0.4, -0.2) is 14.8 Å². The molecule has 30 heavy (non-hydrogen) atoms. The van der Waals surface area contributed by atoms with Crippen molar-refractivity contribution in [1.82, 2.24) is 14.8 Å². The Morgan fingerprint density at radius 3 is 2.50 bits per heavy atom. The normalized spacial score (nSPS) is 11.5. The SMILES string of the molecule is CCc1ccc(-c2nn(-c3ccc(C)c(Cl)c3)c3c2cnc2ccc(F)cc23)cc1. The highest BCUT2D eigenvalue weighted by Gasteiger charge is 2.18. The van der Waals surface area contributed by atoms with Crippen LogP contribution in [-0.2, 0) is 6.42 Å². The standard InChI is InChI=1S/C25H19ClFN3/c1-3-16-5-7-17(8-6-16)24-21-14-28-23-11-9-18(27)12-20(23)25(21)30(29-24)19-10-4-15(2)22(26)13-19/h4-14H,3H2,1-2H3. The molecule has 2 heterocycles. The second-order valence-electron chi connectivity index (χ2n) is 7.43. The summed E-state index contributed by atoms with van der Waals surface area (Å²) in [5.41, 5.74) is 6.41. The number of fused-ring (bicyclic) bond motifs is 3. The zero-order chi connectivity index (χ0) is 20.8. The van der Waals surface area contributed by atoms with Gasteiger partial charge >= 0.3 is 0 Å². The third-order valence-corrected chi connectivity index (χ3v) is 5.91. The van der Waals surface area contributed by atoms with Crippen LogP contribution in [0, 0.1) is 12.7 Å². The molecule has 0 aliphatic rings. The number of hydrogen-bond acceptors (Lipinski definition) is 2. The van der Waals surface area contributed by atoms with Crippen molar-refractivity contribution in [2.45, 2.75) is 20.3 Å². The van der Waals surface area contributed by atoms with Gasteiger partial charge in [0.25, 0.3) is 0 Å². The van der Waals surface area contributed by atoms with Crippen LogP contribution in [0.25, 0.3) is 38.8 Å². The molecular formula is C25H19ClFN3. The van der Waals surface area contributed by atoms with Crippen LogP contribution in [0.5, 0.6) is 0 Å². The maximum absolute atomic E-state index is 14.2. The molecule has 0 saturated carbocycles. The number of nitrogens with zero attached hydrogens (tertiary/aromatic N) is 3. The van der Waals surface area contributed by atoms with E-state index >= 15 is 0 Å². The average molecular weight is 416 g/mol. The summed E-state index contributed by atoms with van der Waals surface area (Å²) >= 11 is 6.40. The molecule has 0 atom stereocenters. The lowest BCUT2D eigenvalue weighted by Crippen LogP contribution is -1.98. The maximum atomic E-state index is 14.2. The van der Waals surface area contributed by atoms with Crippen LogP contribution < -0.4 is 0 Å². The van der Waals surface area contributed by atoms with E-state index in [2.05, 4.69) is 36.2 Å². The molecule has 148 valence electrons. The summed E-state index contributed by atoms with van der Waals surface area (Å²) in [7, 11) is 0. The fourth-order valence-electron chi connectivity index (χ4n) is 3.77. The summed E-state index contributed by atoms with van der Waals surface area (Å²) in [6.07, 6.45) is 2.79. The zero-order valence-corrected chi connectivity index (χ0v) is 17.4. The molecule has 0 radical (unpaired) electrons. The van der Waals surface area contributed by atoms with Crippen molar-refractivity contribution in [3.8, 4) is 16.9 Å². The first-order valence-corrected chi connectivity index (χ1v) is 10.3. The van der Waals surface area contributed by atoms with E-state index in [-0.39, 0.29) is 5.82 Å². The lowest BCUT2D eigenvalue weighted by Gasteiger charge is -2.07. The Labute approximate surface area is 178 Å². The Morgan fingerprint density at radius 1 is 0.967 bits per heavy atom. The molecule has 5 aromatic rings. The summed E-state index contributed by atoms with van der Waals surface area (Å²) in [5.74, 6) is -0.305. The highest BCUT2D eigenvalue weighted by atomic mass is 35.5. The third-order valence-electron chi connectivity index (χ3n) is 5.50. The summed E-state index contributed by atoms with van der Waals surface area (Å²) in [6, 6.07) is 18.8. The van der Waals surface area contributed by atoms with Gasteiger partial charge in [-0.1, -0.05) is 48.9 Å². The summed E-state index contributed by atoms with van der Waals surface area (Å²) < 4.78 is 16.0. The first-order valence-electron chi connectivity index (χ1n) is 9.88. The van der Waals surface area contributed by atoms with E-state index in [1.807, 2.05) is 36.0 Å². The van der Waals surface area contributed by atoms with Gasteiger partial charge in [0.05, 0.1) is 16.7 Å². The van der Waals surface area contributed by atoms with Crippen LogP contribution in [0.2, 0.25) is 5.02 Å². The maximum Gasteiger partial charge on any atom is 0.124 e. The third kappa shape index (κ3) is 3.04. The number of aromatic nitrogens is 3. The minimum atomic E-state index is -0.305. The molecule has 0 spiro atoms. The summed E-state index contributed by atoms with van der Waals surface area (Å²) in [6.45, 7) is 4.09. The van der Waals surface area contributed by atoms with E-state index in [9.17, 15) is 4.39 Å². The largest absolute Gasteiger partial charge is 0.255 e. The predicted molar refractivity (Wildman–Crippen MR) is 121 cm³/mol. The van der Waals surface area contributed by atoms with E-state index < -0.39 is 0 Å². The fraction of sp³-hybridized carbons (Fsp3) is 0.120. The van der Waals surface area contributed by atoms with Crippen molar-refractivity contribution >= 4 is 33.4 Å². The van der Waals surface area contributed by atoms with Gasteiger partial charge in [-0.3, -0.25) is 4.98 Å². The molecule has 2 aromatic heterocycles. The van der Waals surface area contributed by atoms with Crippen LogP contribution in [0.3, 0.4) is 0 Å². The monoisotopic (exact) mass is 415 g/mol. The second-order valence-corrected chi connectivity index (χ2v) is 7.83. The van der Waals surface area contributed by atoms with Gasteiger partial charge in [-0.25, -0.2) is 9.07 Å². The second kappa shape index (κ2) is 7.22. The van der Waals surface area contributed by atoms with Crippen molar-refractivity contribution in [3.63, 3.8) is 0 Å². The van der Waals surface area contributed by atoms with Gasteiger partial charge in [0, 0.05) is 27.6 Å². The zero-order valence-electron chi connectivity index (χ0n) is 16.7. The molecule has 0 amide bonds. The van der Waals surface area contributed by atoms with Crippen molar-refractivity contribution in [2.24, 2.45) is 0 Å². The van der Waals surface area contributed by atoms with Crippen molar-refractivity contribution in [3.05, 3.63) is 88.8 Å². The van der Waals surface area contributed by atoms with E-state index in [1.165, 1.54) is 17.7 Å². The number of halogens is 2. The number of pyridine rings is 1. The van der Waals surface area contributed by atoms with Crippen molar-refractivity contribution in [2.75, 3.05) is 0 Å². The molecule has 3 nitrogen and oxygen atoms in total. The Bertz CT molecular complexity index is 1400. The molecule has 5 rings (SSSR count). The first-order chi connectivity index (χ1) is 14.5. The van der Waals surface area contributed by atoms with E-state index in [0.717, 1.165) is 45.3 Å². The molecular weight excluding hydrogens is 397 g/mol. The molecule has 0 bridgehead atoms. The van der Waals surface area contributed by atoms with Gasteiger partial charge in [0.2, 0.25) is 0 Å². The Morgan fingerprint density at radius 2 is 1.77 bits per heavy atom. The van der Waals surface area contributed by atoms with Crippen LogP contribution in [0.4, 0.5) is 4.39 Å². The quantitative estimate of drug-likeness (QED) is 0.320. The first kappa shape index (κ1) is 18.8. The minimum absolute atomic E-state index is 0.305. The Balaban J connectivity index is 1.86. The van der Waals surface area contributed by atoms with Gasteiger partial charge in [-0.05, 0) is 54.8 Å². The summed E-state index contributed by atoms with van der Waals surface area (Å²) in [4.78, 5) is 4.56. The number of rotatable bonds is 3. The predicted octanol–water partition coefficient (Wildman–Crippen LogP) is 6.90. The average Bonchev–Trinajstić information content (AvgIpc) is 3.16. The minimum Gasteiger partial charge on any atom is -0.255 e. The van der Waals surface area contributed by atoms with Crippen LogP contribution in [0.15, 0.2) is 66.9 Å². The molecule has 3 aromatic carbocycles. The van der Waals surface area contributed by atoms with Gasteiger partial charge in [-0.2, -0.15) is 5.10 Å². The van der Waals surface area contributed by atoms with Crippen LogP contribution >= 0.6 is 11.6 Å². The lowest BCUT2D eigenvalue weighted by atomic mass is 10.0. The lowest BCUT2D eigenvalue weighted by molar-refractivity contribution is 0.629. The van der Waals surface area contributed by atoms with Gasteiger partial charge < -0.3 is 0 Å². The summed E-state index contributed by atoms with van der Waals surface area (Å²) in [5, 5.41) is 7.18. The molecule has 5 heteroatoms. The van der Waals surface area contributed by atoms with E-state index in [0.29, 0.717) is 10.4 Å². The topological polar surface area (TPSA) is 30.7 Å². The van der Waals surface area contributed by atoms with Crippen LogP contribution in [0.1, 0.15) is 18.1 Å². The number of aryl methyl sites for hydroxylation is 2. The van der Waals surface area contributed by atoms with Crippen molar-refractivity contribution in [1.29, 1.82) is 0 Å². The molecule has 0 fully saturated rings. The molecule has 0 unspecified atom stereocenters. The van der Waals surface area contributed by atoms with Gasteiger partial charge in [0.1, 0.15) is 11.5 Å². The molecule has 0 N–H and O–H groups in total. The number of benzene rings is 3. The van der Waals surface area contributed by atoms with Gasteiger partial charge in [-0.15, -0.1) is 0 Å². The smallest absolute Gasteiger partial charge is 0.124 e. The fourth-order valence-corrected chi connectivity index (χ4v) is 3.94. The van der Waals surface area contributed by atoms with Gasteiger partial charge in [0.15, 0.2) is 0 Å². The van der Waals surface area contributed by atoms with Crippen molar-refractivity contribution < 1.29 is 4.39 Å². The highest BCUT2D eigenvalue weighted by molar-refractivity contribution is 6.31. The Kier molecular flexibility index (Phi) is 4.52. The van der Waals surface area contributed by atoms with E-state index in [4.69, 9.17) is 16.7 Å².